The zero-order valence-electron chi connectivity index (χ0n) is 13.9. The van der Waals surface area contributed by atoms with Gasteiger partial charge in [0.1, 0.15) is 5.82 Å². The molecule has 5 heteroatoms. The Morgan fingerprint density at radius 3 is 2.70 bits per heavy atom. The van der Waals surface area contributed by atoms with Gasteiger partial charge in [-0.25, -0.2) is 9.82 Å². The lowest BCUT2D eigenvalue weighted by Crippen LogP contribution is -2.19. The van der Waals surface area contributed by atoms with Crippen molar-refractivity contribution < 1.29 is 9.18 Å². The quantitative estimate of drug-likeness (QED) is 0.664. The maximum absolute atomic E-state index is 13.5. The SMILES string of the molecule is Cc1cc(/C=N\NC(=O)c2ccccc2F)c(C)n1CC(C)C. The van der Waals surface area contributed by atoms with E-state index in [0.29, 0.717) is 5.92 Å². The van der Waals surface area contributed by atoms with Crippen molar-refractivity contribution in [1.29, 1.82) is 0 Å². The highest BCUT2D eigenvalue weighted by molar-refractivity contribution is 5.95. The van der Waals surface area contributed by atoms with Crippen molar-refractivity contribution in [3.05, 3.63) is 58.7 Å². The van der Waals surface area contributed by atoms with Crippen molar-refractivity contribution >= 4 is 12.1 Å². The fourth-order valence-electron chi connectivity index (χ4n) is 2.47. The average molecular weight is 315 g/mol. The van der Waals surface area contributed by atoms with Gasteiger partial charge in [0.05, 0.1) is 11.8 Å². The molecule has 0 radical (unpaired) electrons. The van der Waals surface area contributed by atoms with E-state index >= 15 is 0 Å². The first-order chi connectivity index (χ1) is 10.9. The van der Waals surface area contributed by atoms with Crippen LogP contribution in [0.15, 0.2) is 35.4 Å². The van der Waals surface area contributed by atoms with Gasteiger partial charge in [0, 0.05) is 23.5 Å². The van der Waals surface area contributed by atoms with Gasteiger partial charge in [-0.1, -0.05) is 26.0 Å². The van der Waals surface area contributed by atoms with Crippen molar-refractivity contribution in [2.45, 2.75) is 34.2 Å². The van der Waals surface area contributed by atoms with E-state index in [4.69, 9.17) is 0 Å². The lowest BCUT2D eigenvalue weighted by Gasteiger charge is -2.11. The monoisotopic (exact) mass is 315 g/mol. The Kier molecular flexibility index (Phi) is 5.32. The fraction of sp³-hybridized carbons (Fsp3) is 0.333. The molecule has 0 fully saturated rings. The summed E-state index contributed by atoms with van der Waals surface area (Å²) in [4.78, 5) is 11.9. The van der Waals surface area contributed by atoms with Gasteiger partial charge < -0.3 is 4.57 Å². The topological polar surface area (TPSA) is 46.4 Å². The number of benzene rings is 1. The maximum atomic E-state index is 13.5. The molecule has 0 unspecified atom stereocenters. The fourth-order valence-corrected chi connectivity index (χ4v) is 2.47. The summed E-state index contributed by atoms with van der Waals surface area (Å²) in [6.45, 7) is 9.34. The third-order valence-corrected chi connectivity index (χ3v) is 3.65. The van der Waals surface area contributed by atoms with E-state index < -0.39 is 11.7 Å². The molecule has 2 aromatic rings. The summed E-state index contributed by atoms with van der Waals surface area (Å²) in [5, 5.41) is 3.95. The minimum absolute atomic E-state index is 0.0186. The standard InChI is InChI=1S/C18H22FN3O/c1-12(2)11-22-13(3)9-15(14(22)4)10-20-21-18(23)16-7-5-6-8-17(16)19/h5-10,12H,11H2,1-4H3,(H,21,23)/b20-10-. The van der Waals surface area contributed by atoms with Gasteiger partial charge in [0.2, 0.25) is 0 Å². The first-order valence-electron chi connectivity index (χ1n) is 7.64. The smallest absolute Gasteiger partial charge is 0.274 e. The number of nitrogens with one attached hydrogen (secondary N) is 1. The molecule has 0 aliphatic carbocycles. The summed E-state index contributed by atoms with van der Waals surface area (Å²) in [5.74, 6) is -0.573. The summed E-state index contributed by atoms with van der Waals surface area (Å²) < 4.78 is 15.7. The second-order valence-electron chi connectivity index (χ2n) is 6.01. The molecule has 1 aromatic carbocycles. The molecular weight excluding hydrogens is 293 g/mol. The number of carbonyl (C=O) groups excluding carboxylic acids is 1. The molecule has 1 amide bonds. The van der Waals surface area contributed by atoms with Crippen LogP contribution in [0.3, 0.4) is 0 Å². The number of carbonyl (C=O) groups is 1. The molecule has 0 saturated heterocycles. The number of amides is 1. The van der Waals surface area contributed by atoms with Crippen LogP contribution in [0.5, 0.6) is 0 Å². The Labute approximate surface area is 136 Å². The molecule has 4 nitrogen and oxygen atoms in total. The minimum atomic E-state index is -0.560. The Morgan fingerprint density at radius 1 is 1.35 bits per heavy atom. The molecule has 1 N–H and O–H groups in total. The molecule has 0 aliphatic heterocycles. The first-order valence-corrected chi connectivity index (χ1v) is 7.64. The Hall–Kier alpha value is -2.43. The minimum Gasteiger partial charge on any atom is -0.348 e. The molecule has 2 rings (SSSR count). The average Bonchev–Trinajstić information content (AvgIpc) is 2.75. The summed E-state index contributed by atoms with van der Waals surface area (Å²) in [6.07, 6.45) is 1.60. The van der Waals surface area contributed by atoms with Crippen LogP contribution >= 0.6 is 0 Å². The van der Waals surface area contributed by atoms with Crippen LogP contribution in [0, 0.1) is 25.6 Å². The molecule has 0 bridgehead atoms. The summed E-state index contributed by atoms with van der Waals surface area (Å²) in [6, 6.07) is 7.85. The van der Waals surface area contributed by atoms with Crippen molar-refractivity contribution in [2.75, 3.05) is 0 Å². The van der Waals surface area contributed by atoms with Gasteiger partial charge in [-0.15, -0.1) is 0 Å². The molecule has 122 valence electrons. The van der Waals surface area contributed by atoms with Crippen molar-refractivity contribution in [3.63, 3.8) is 0 Å². The van der Waals surface area contributed by atoms with Gasteiger partial charge in [0.15, 0.2) is 0 Å². The largest absolute Gasteiger partial charge is 0.348 e. The van der Waals surface area contributed by atoms with Gasteiger partial charge in [0.25, 0.3) is 5.91 Å². The highest BCUT2D eigenvalue weighted by Crippen LogP contribution is 2.15. The van der Waals surface area contributed by atoms with E-state index in [1.807, 2.05) is 19.9 Å². The van der Waals surface area contributed by atoms with Crippen molar-refractivity contribution in [2.24, 2.45) is 11.0 Å². The Bertz CT molecular complexity index is 732. The predicted molar refractivity (Wildman–Crippen MR) is 90.2 cm³/mol. The highest BCUT2D eigenvalue weighted by Gasteiger charge is 2.11. The molecule has 1 heterocycles. The second kappa shape index (κ2) is 7.22. The molecule has 0 saturated carbocycles. The van der Waals surface area contributed by atoms with E-state index in [9.17, 15) is 9.18 Å². The second-order valence-corrected chi connectivity index (χ2v) is 6.01. The molecule has 0 aliphatic rings. The van der Waals surface area contributed by atoms with Gasteiger partial charge in [-0.05, 0) is 38.0 Å². The number of hydrogen-bond donors (Lipinski definition) is 1. The predicted octanol–water partition coefficient (Wildman–Crippen LogP) is 3.66. The van der Waals surface area contributed by atoms with E-state index in [1.165, 1.54) is 12.1 Å². The Balaban J connectivity index is 2.09. The third-order valence-electron chi connectivity index (χ3n) is 3.65. The van der Waals surface area contributed by atoms with Gasteiger partial charge >= 0.3 is 0 Å². The zero-order valence-corrected chi connectivity index (χ0v) is 13.9. The molecular formula is C18H22FN3O. The van der Waals surface area contributed by atoms with Crippen LogP contribution < -0.4 is 5.43 Å². The number of aromatic nitrogens is 1. The number of halogens is 1. The number of rotatable bonds is 5. The zero-order chi connectivity index (χ0) is 17.0. The van der Waals surface area contributed by atoms with Gasteiger partial charge in [-0.3, -0.25) is 4.79 Å². The summed E-state index contributed by atoms with van der Waals surface area (Å²) in [7, 11) is 0. The molecule has 1 aromatic heterocycles. The van der Waals surface area contributed by atoms with E-state index in [-0.39, 0.29) is 5.56 Å². The summed E-state index contributed by atoms with van der Waals surface area (Å²) in [5.41, 5.74) is 5.54. The number of aryl methyl sites for hydroxylation is 1. The third kappa shape index (κ3) is 4.06. The molecule has 0 atom stereocenters. The number of hydrogen-bond acceptors (Lipinski definition) is 2. The number of nitrogens with zero attached hydrogens (tertiary/aromatic N) is 2. The van der Waals surface area contributed by atoms with Crippen LogP contribution in [0.1, 0.15) is 41.2 Å². The lowest BCUT2D eigenvalue weighted by atomic mass is 10.2. The van der Waals surface area contributed by atoms with Crippen molar-refractivity contribution in [3.8, 4) is 0 Å². The first kappa shape index (κ1) is 16.9. The molecule has 0 spiro atoms. The van der Waals surface area contributed by atoms with E-state index in [2.05, 4.69) is 28.9 Å². The van der Waals surface area contributed by atoms with Gasteiger partial charge in [-0.2, -0.15) is 5.10 Å². The Morgan fingerprint density at radius 2 is 2.04 bits per heavy atom. The summed E-state index contributed by atoms with van der Waals surface area (Å²) >= 11 is 0. The number of hydrazone groups is 1. The van der Waals surface area contributed by atoms with E-state index in [0.717, 1.165) is 23.5 Å². The van der Waals surface area contributed by atoms with Crippen LogP contribution in [0.2, 0.25) is 0 Å². The van der Waals surface area contributed by atoms with Crippen LogP contribution in [-0.4, -0.2) is 16.7 Å². The normalized spacial score (nSPS) is 11.4. The maximum Gasteiger partial charge on any atom is 0.274 e. The van der Waals surface area contributed by atoms with Crippen molar-refractivity contribution in [1.82, 2.24) is 9.99 Å². The molecule has 23 heavy (non-hydrogen) atoms. The van der Waals surface area contributed by atoms with E-state index in [1.54, 1.807) is 18.3 Å². The van der Waals surface area contributed by atoms with Crippen LogP contribution in [-0.2, 0) is 6.54 Å². The lowest BCUT2D eigenvalue weighted by molar-refractivity contribution is 0.0951. The highest BCUT2D eigenvalue weighted by atomic mass is 19.1. The van der Waals surface area contributed by atoms with Crippen LogP contribution in [0.4, 0.5) is 4.39 Å². The van der Waals surface area contributed by atoms with Crippen LogP contribution in [0.25, 0.3) is 0 Å².